The van der Waals surface area contributed by atoms with E-state index in [0.29, 0.717) is 183 Å². The second kappa shape index (κ2) is 43.4. The highest BCUT2D eigenvalue weighted by Crippen LogP contribution is 2.41. The molecule has 3 rings (SSSR count). The van der Waals surface area contributed by atoms with Crippen molar-refractivity contribution in [3.05, 3.63) is 63.6 Å². The molecular formula is C52H82Cl2N4O17. The topological polar surface area (TPSA) is 250 Å². The Balaban J connectivity index is 1.08. The van der Waals surface area contributed by atoms with Gasteiger partial charge >= 0.3 is 11.9 Å². The molecule has 1 atom stereocenters. The van der Waals surface area contributed by atoms with Crippen molar-refractivity contribution in [2.24, 2.45) is 11.1 Å². The molecule has 0 aliphatic heterocycles. The molecule has 0 spiro atoms. The number of ether oxygens (including phenoxy) is 13. The predicted octanol–water partition coefficient (Wildman–Crippen LogP) is 4.06. The summed E-state index contributed by atoms with van der Waals surface area (Å²) in [6.07, 6.45) is 4.06. The van der Waals surface area contributed by atoms with E-state index in [-0.39, 0.29) is 53.5 Å². The van der Waals surface area contributed by atoms with E-state index in [1.165, 1.54) is 7.11 Å². The van der Waals surface area contributed by atoms with Crippen LogP contribution in [0.15, 0.2) is 42.5 Å². The smallest absolute Gasteiger partial charge is 0.328 e. The predicted molar refractivity (Wildman–Crippen MR) is 281 cm³/mol. The molecule has 1 aliphatic carbocycles. The minimum absolute atomic E-state index is 0.127. The van der Waals surface area contributed by atoms with Crippen LogP contribution in [-0.4, -0.2) is 208 Å². The molecule has 2 aromatic carbocycles. The van der Waals surface area contributed by atoms with Gasteiger partial charge in [-0.1, -0.05) is 54.2 Å². The number of hydrogen-bond acceptors (Lipinski definition) is 19. The summed E-state index contributed by atoms with van der Waals surface area (Å²) >= 11 is 12.4. The van der Waals surface area contributed by atoms with Crippen LogP contribution >= 0.6 is 23.2 Å². The molecule has 23 heteroatoms. The van der Waals surface area contributed by atoms with E-state index >= 15 is 0 Å². The van der Waals surface area contributed by atoms with Gasteiger partial charge in [-0.15, -0.1) is 0 Å². The first-order valence-corrected chi connectivity index (χ1v) is 26.6. The second-order valence-electron chi connectivity index (χ2n) is 17.0. The molecule has 21 nitrogen and oxygen atoms in total. The summed E-state index contributed by atoms with van der Waals surface area (Å²) in [5.74, 6) is -1.58. The van der Waals surface area contributed by atoms with Gasteiger partial charge < -0.3 is 83.3 Å². The Labute approximate surface area is 452 Å². The molecule has 0 saturated heterocycles. The van der Waals surface area contributed by atoms with Crippen LogP contribution in [0.4, 0.5) is 5.69 Å². The van der Waals surface area contributed by atoms with Crippen molar-refractivity contribution in [2.75, 3.05) is 184 Å². The van der Waals surface area contributed by atoms with Crippen LogP contribution in [0, 0.1) is 5.41 Å². The third-order valence-electron chi connectivity index (χ3n) is 11.4. The first-order chi connectivity index (χ1) is 36.7. The molecule has 2 aromatic rings. The number of rotatable bonds is 48. The second-order valence-corrected chi connectivity index (χ2v) is 17.8. The Kier molecular flexibility index (Phi) is 38.0. The van der Waals surface area contributed by atoms with E-state index in [9.17, 15) is 19.2 Å². The minimum atomic E-state index is -0.917. The Bertz CT molecular complexity index is 1800. The lowest BCUT2D eigenvalue weighted by atomic mass is 9.81. The average molecular weight is 1110 g/mol. The molecule has 426 valence electrons. The van der Waals surface area contributed by atoms with Crippen molar-refractivity contribution in [2.45, 2.75) is 51.0 Å². The van der Waals surface area contributed by atoms with Gasteiger partial charge in [-0.2, -0.15) is 0 Å². The molecule has 1 fully saturated rings. The number of nitrogens with one attached hydrogen (secondary N) is 3. The SMILES string of the molecule is COC(=O)C(Cc1ccc(NC(=O)c2c(Cl)cccc2Cl)cc1)NC(=O)C1(CCNCCC(=O)OCCOCCOCCOCCOCCOCCOCCOCCOCCOCCOCCOCCN)CCCC1. The van der Waals surface area contributed by atoms with E-state index in [1.807, 2.05) is 0 Å². The Morgan fingerprint density at radius 2 is 0.987 bits per heavy atom. The maximum atomic E-state index is 13.8. The molecule has 5 N–H and O–H groups in total. The highest BCUT2D eigenvalue weighted by molar-refractivity contribution is 6.40. The van der Waals surface area contributed by atoms with Gasteiger partial charge in [0.05, 0.1) is 180 Å². The summed E-state index contributed by atoms with van der Waals surface area (Å²) in [4.78, 5) is 51.8. The average Bonchev–Trinajstić information content (AvgIpc) is 3.90. The third kappa shape index (κ3) is 30.8. The molecule has 1 unspecified atom stereocenters. The van der Waals surface area contributed by atoms with Crippen LogP contribution in [-0.2, 0) is 82.4 Å². The standard InChI is InChI=1S/C52H82Cl2N4O17/c1-63-50(61)46(41-42-7-9-43(10-8-42)57-49(60)48-44(53)5-4-6-45(48)54)58-51(62)52(12-2-3-13-52)14-17-56-16-11-47(59)75-40-39-74-38-37-73-36-35-72-34-33-71-32-31-70-30-29-69-28-27-68-26-25-67-24-23-66-22-21-65-20-19-64-18-15-55/h4-10,46,56H,2-3,11-41,55H2,1H3,(H,57,60)(H,58,62). The van der Waals surface area contributed by atoms with Crippen LogP contribution in [0.25, 0.3) is 0 Å². The number of nitrogens with two attached hydrogens (primary N) is 1. The molecule has 0 aromatic heterocycles. The Morgan fingerprint density at radius 3 is 1.40 bits per heavy atom. The van der Waals surface area contributed by atoms with Gasteiger partial charge in [-0.05, 0) is 55.6 Å². The molecule has 0 bridgehead atoms. The highest BCUT2D eigenvalue weighted by atomic mass is 35.5. The number of amides is 2. The van der Waals surface area contributed by atoms with Crippen molar-refractivity contribution in [3.8, 4) is 0 Å². The fourth-order valence-corrected chi connectivity index (χ4v) is 8.04. The monoisotopic (exact) mass is 1100 g/mol. The van der Waals surface area contributed by atoms with Gasteiger partial charge in [0.25, 0.3) is 5.91 Å². The van der Waals surface area contributed by atoms with E-state index < -0.39 is 23.3 Å². The number of anilines is 1. The number of halogens is 2. The van der Waals surface area contributed by atoms with Crippen molar-refractivity contribution >= 4 is 52.6 Å². The summed E-state index contributed by atoms with van der Waals surface area (Å²) < 4.78 is 70.4. The van der Waals surface area contributed by atoms with E-state index in [4.69, 9.17) is 90.5 Å². The van der Waals surface area contributed by atoms with Crippen LogP contribution in [0.5, 0.6) is 0 Å². The number of benzene rings is 2. The van der Waals surface area contributed by atoms with E-state index in [1.54, 1.807) is 42.5 Å². The lowest BCUT2D eigenvalue weighted by molar-refractivity contribution is -0.146. The minimum Gasteiger partial charge on any atom is -0.467 e. The van der Waals surface area contributed by atoms with Crippen molar-refractivity contribution < 1.29 is 80.8 Å². The lowest BCUT2D eigenvalue weighted by Gasteiger charge is -2.30. The zero-order valence-corrected chi connectivity index (χ0v) is 45.2. The molecule has 0 heterocycles. The molecule has 1 saturated carbocycles. The molecule has 0 radical (unpaired) electrons. The van der Waals surface area contributed by atoms with Crippen LogP contribution in [0.3, 0.4) is 0 Å². The van der Waals surface area contributed by atoms with Crippen LogP contribution < -0.4 is 21.7 Å². The number of esters is 2. The molecule has 2 amide bonds. The number of methoxy groups -OCH3 is 1. The van der Waals surface area contributed by atoms with Crippen LogP contribution in [0.1, 0.15) is 54.4 Å². The zero-order valence-electron chi connectivity index (χ0n) is 43.7. The number of carbonyl (C=O) groups is 4. The number of hydrogen-bond donors (Lipinski definition) is 4. The molecule has 1 aliphatic rings. The normalized spacial score (nSPS) is 13.4. The van der Waals surface area contributed by atoms with Gasteiger partial charge in [0.15, 0.2) is 0 Å². The summed E-state index contributed by atoms with van der Waals surface area (Å²) in [5, 5.41) is 9.46. The maximum Gasteiger partial charge on any atom is 0.328 e. The van der Waals surface area contributed by atoms with E-state index in [0.717, 1.165) is 18.4 Å². The van der Waals surface area contributed by atoms with Crippen LogP contribution in [0.2, 0.25) is 10.0 Å². The summed E-state index contributed by atoms with van der Waals surface area (Å²) in [6.45, 7) is 11.6. The Morgan fingerprint density at radius 1 is 0.573 bits per heavy atom. The fraction of sp³-hybridized carbons (Fsp3) is 0.692. The first-order valence-electron chi connectivity index (χ1n) is 25.8. The van der Waals surface area contributed by atoms with Gasteiger partial charge in [-0.25, -0.2) is 4.79 Å². The van der Waals surface area contributed by atoms with E-state index in [2.05, 4.69) is 16.0 Å². The quantitative estimate of drug-likeness (QED) is 0.0539. The molecule has 75 heavy (non-hydrogen) atoms. The summed E-state index contributed by atoms with van der Waals surface area (Å²) in [6, 6.07) is 10.8. The van der Waals surface area contributed by atoms with Gasteiger partial charge in [0, 0.05) is 25.2 Å². The summed E-state index contributed by atoms with van der Waals surface area (Å²) in [5.41, 5.74) is 6.11. The first kappa shape index (κ1) is 65.7. The molecular weight excluding hydrogens is 1020 g/mol. The fourth-order valence-electron chi connectivity index (χ4n) is 7.47. The number of carbonyl (C=O) groups excluding carboxylic acids is 4. The van der Waals surface area contributed by atoms with Gasteiger partial charge in [0.2, 0.25) is 5.91 Å². The largest absolute Gasteiger partial charge is 0.467 e. The van der Waals surface area contributed by atoms with Gasteiger partial charge in [-0.3, -0.25) is 14.4 Å². The third-order valence-corrected chi connectivity index (χ3v) is 12.1. The van der Waals surface area contributed by atoms with Crippen molar-refractivity contribution in [1.82, 2.24) is 10.6 Å². The highest BCUT2D eigenvalue weighted by Gasteiger charge is 2.42. The van der Waals surface area contributed by atoms with Gasteiger partial charge in [0.1, 0.15) is 12.6 Å². The Hall–Kier alpha value is -3.62. The van der Waals surface area contributed by atoms with Crippen molar-refractivity contribution in [1.29, 1.82) is 0 Å². The van der Waals surface area contributed by atoms with Crippen molar-refractivity contribution in [3.63, 3.8) is 0 Å². The zero-order chi connectivity index (χ0) is 53.9. The summed E-state index contributed by atoms with van der Waals surface area (Å²) in [7, 11) is 1.28. The maximum absolute atomic E-state index is 13.8. The lowest BCUT2D eigenvalue weighted by Crippen LogP contribution is -2.49.